The molecule has 3 rings (SSSR count). The van der Waals surface area contributed by atoms with E-state index in [-0.39, 0.29) is 24.0 Å². The summed E-state index contributed by atoms with van der Waals surface area (Å²) in [6, 6.07) is 17.1. The first-order chi connectivity index (χ1) is 13.1. The van der Waals surface area contributed by atoms with Gasteiger partial charge in [0, 0.05) is 35.8 Å². The molecule has 0 fully saturated rings. The maximum absolute atomic E-state index is 12.2. The number of phenols is 1. The zero-order valence-electron chi connectivity index (χ0n) is 14.6. The highest BCUT2D eigenvalue weighted by Gasteiger charge is 2.08. The SMILES string of the molecule is O=C(CCc1ccccc1O)Nc1cccc(NC(=O)c2ccncc2)c1. The zero-order valence-corrected chi connectivity index (χ0v) is 14.6. The Morgan fingerprint density at radius 3 is 2.33 bits per heavy atom. The molecule has 3 aromatic rings. The van der Waals surface area contributed by atoms with E-state index in [4.69, 9.17) is 0 Å². The Morgan fingerprint density at radius 2 is 1.59 bits per heavy atom. The summed E-state index contributed by atoms with van der Waals surface area (Å²) >= 11 is 0. The van der Waals surface area contributed by atoms with Crippen molar-refractivity contribution in [3.63, 3.8) is 0 Å². The Bertz CT molecular complexity index is 942. The van der Waals surface area contributed by atoms with Crippen molar-refractivity contribution in [2.45, 2.75) is 12.8 Å². The monoisotopic (exact) mass is 361 g/mol. The van der Waals surface area contributed by atoms with Gasteiger partial charge in [-0.25, -0.2) is 0 Å². The molecule has 6 heteroatoms. The molecule has 2 amide bonds. The summed E-state index contributed by atoms with van der Waals surface area (Å²) in [5.41, 5.74) is 2.40. The van der Waals surface area contributed by atoms with E-state index in [2.05, 4.69) is 15.6 Å². The van der Waals surface area contributed by atoms with Gasteiger partial charge in [0.05, 0.1) is 0 Å². The van der Waals surface area contributed by atoms with E-state index >= 15 is 0 Å². The van der Waals surface area contributed by atoms with Gasteiger partial charge in [0.1, 0.15) is 5.75 Å². The molecular formula is C21H19N3O3. The maximum atomic E-state index is 12.2. The number of rotatable bonds is 6. The lowest BCUT2D eigenvalue weighted by Crippen LogP contribution is -2.14. The number of anilines is 2. The fourth-order valence-electron chi connectivity index (χ4n) is 2.58. The Hall–Kier alpha value is -3.67. The van der Waals surface area contributed by atoms with Gasteiger partial charge in [-0.3, -0.25) is 14.6 Å². The number of amides is 2. The van der Waals surface area contributed by atoms with Crippen LogP contribution in [0.5, 0.6) is 5.75 Å². The smallest absolute Gasteiger partial charge is 0.255 e. The highest BCUT2D eigenvalue weighted by molar-refractivity contribution is 6.04. The molecule has 0 aliphatic heterocycles. The lowest BCUT2D eigenvalue weighted by atomic mass is 10.1. The third kappa shape index (κ3) is 5.15. The van der Waals surface area contributed by atoms with Gasteiger partial charge in [-0.15, -0.1) is 0 Å². The molecule has 0 radical (unpaired) electrons. The molecule has 3 N–H and O–H groups in total. The van der Waals surface area contributed by atoms with Crippen LogP contribution >= 0.6 is 0 Å². The van der Waals surface area contributed by atoms with Crippen LogP contribution in [0.1, 0.15) is 22.3 Å². The van der Waals surface area contributed by atoms with Crippen molar-refractivity contribution in [2.24, 2.45) is 0 Å². The number of aryl methyl sites for hydroxylation is 1. The zero-order chi connectivity index (χ0) is 19.1. The van der Waals surface area contributed by atoms with Crippen LogP contribution < -0.4 is 10.6 Å². The van der Waals surface area contributed by atoms with Crippen LogP contribution in [0.4, 0.5) is 11.4 Å². The lowest BCUT2D eigenvalue weighted by molar-refractivity contribution is -0.116. The molecule has 136 valence electrons. The Balaban J connectivity index is 1.58. The number of nitrogens with zero attached hydrogens (tertiary/aromatic N) is 1. The number of aromatic nitrogens is 1. The summed E-state index contributed by atoms with van der Waals surface area (Å²) < 4.78 is 0. The molecule has 0 atom stereocenters. The Morgan fingerprint density at radius 1 is 0.889 bits per heavy atom. The van der Waals surface area contributed by atoms with Crippen molar-refractivity contribution in [3.05, 3.63) is 84.2 Å². The maximum Gasteiger partial charge on any atom is 0.255 e. The van der Waals surface area contributed by atoms with E-state index in [0.29, 0.717) is 23.4 Å². The number of pyridine rings is 1. The van der Waals surface area contributed by atoms with Gasteiger partial charge >= 0.3 is 0 Å². The first-order valence-electron chi connectivity index (χ1n) is 8.50. The van der Waals surface area contributed by atoms with Gasteiger partial charge < -0.3 is 15.7 Å². The average Bonchev–Trinajstić information content (AvgIpc) is 2.68. The fourth-order valence-corrected chi connectivity index (χ4v) is 2.58. The van der Waals surface area contributed by atoms with Gasteiger partial charge in [0.2, 0.25) is 5.91 Å². The number of phenolic OH excluding ortho intramolecular Hbond substituents is 1. The number of aromatic hydroxyl groups is 1. The number of para-hydroxylation sites is 1. The minimum Gasteiger partial charge on any atom is -0.508 e. The van der Waals surface area contributed by atoms with Crippen LogP contribution in [-0.2, 0) is 11.2 Å². The first-order valence-corrected chi connectivity index (χ1v) is 8.50. The normalized spacial score (nSPS) is 10.2. The highest BCUT2D eigenvalue weighted by Crippen LogP contribution is 2.19. The van der Waals surface area contributed by atoms with Crippen LogP contribution in [0.2, 0.25) is 0 Å². The van der Waals surface area contributed by atoms with Crippen LogP contribution in [0.25, 0.3) is 0 Å². The third-order valence-corrected chi connectivity index (χ3v) is 3.96. The summed E-state index contributed by atoms with van der Waals surface area (Å²) in [6.45, 7) is 0. The molecule has 0 unspecified atom stereocenters. The second-order valence-electron chi connectivity index (χ2n) is 5.95. The second-order valence-corrected chi connectivity index (χ2v) is 5.95. The van der Waals surface area contributed by atoms with Crippen molar-refractivity contribution < 1.29 is 14.7 Å². The standard InChI is InChI=1S/C21H19N3O3/c25-19-7-2-1-4-15(19)8-9-20(26)23-17-5-3-6-18(14-17)24-21(27)16-10-12-22-13-11-16/h1-7,10-14,25H,8-9H2,(H,23,26)(H,24,27). The van der Waals surface area contributed by atoms with E-state index in [1.165, 1.54) is 0 Å². The highest BCUT2D eigenvalue weighted by atomic mass is 16.3. The Labute approximate surface area is 156 Å². The lowest BCUT2D eigenvalue weighted by Gasteiger charge is -2.09. The predicted molar refractivity (Wildman–Crippen MR) is 104 cm³/mol. The first kappa shape index (κ1) is 18.1. The van der Waals surface area contributed by atoms with Crippen molar-refractivity contribution in [1.29, 1.82) is 0 Å². The summed E-state index contributed by atoms with van der Waals surface area (Å²) in [7, 11) is 0. The molecule has 0 spiro atoms. The summed E-state index contributed by atoms with van der Waals surface area (Å²) in [5, 5.41) is 15.3. The largest absolute Gasteiger partial charge is 0.508 e. The number of nitrogens with one attached hydrogen (secondary N) is 2. The number of hydrogen-bond donors (Lipinski definition) is 3. The van der Waals surface area contributed by atoms with Gasteiger partial charge in [0.25, 0.3) is 5.91 Å². The molecule has 0 aliphatic carbocycles. The minimum atomic E-state index is -0.250. The van der Waals surface area contributed by atoms with Crippen molar-refractivity contribution in [2.75, 3.05) is 10.6 Å². The number of carbonyl (C=O) groups is 2. The van der Waals surface area contributed by atoms with Gasteiger partial charge in [0.15, 0.2) is 0 Å². The third-order valence-electron chi connectivity index (χ3n) is 3.96. The van der Waals surface area contributed by atoms with Crippen molar-refractivity contribution >= 4 is 23.2 Å². The van der Waals surface area contributed by atoms with Crippen molar-refractivity contribution in [3.8, 4) is 5.75 Å². The van der Waals surface area contributed by atoms with Gasteiger partial charge in [-0.2, -0.15) is 0 Å². The summed E-state index contributed by atoms with van der Waals surface area (Å²) in [4.78, 5) is 28.2. The summed E-state index contributed by atoms with van der Waals surface area (Å²) in [6.07, 6.45) is 3.79. The molecule has 27 heavy (non-hydrogen) atoms. The van der Waals surface area contributed by atoms with Crippen LogP contribution in [0.3, 0.4) is 0 Å². The fraction of sp³-hybridized carbons (Fsp3) is 0.0952. The van der Waals surface area contributed by atoms with Crippen molar-refractivity contribution in [1.82, 2.24) is 4.98 Å². The van der Waals surface area contributed by atoms with E-state index in [0.717, 1.165) is 5.56 Å². The van der Waals surface area contributed by atoms with Crippen LogP contribution in [-0.4, -0.2) is 21.9 Å². The van der Waals surface area contributed by atoms with Crippen LogP contribution in [0.15, 0.2) is 73.1 Å². The molecule has 0 aliphatic rings. The molecule has 0 saturated carbocycles. The molecule has 6 nitrogen and oxygen atoms in total. The van der Waals surface area contributed by atoms with E-state index in [9.17, 15) is 14.7 Å². The quantitative estimate of drug-likeness (QED) is 0.625. The van der Waals surface area contributed by atoms with E-state index < -0.39 is 0 Å². The Kier molecular flexibility index (Phi) is 5.79. The summed E-state index contributed by atoms with van der Waals surface area (Å²) in [5.74, 6) is -0.234. The minimum absolute atomic E-state index is 0.170. The molecule has 0 bridgehead atoms. The molecule has 2 aromatic carbocycles. The van der Waals surface area contributed by atoms with Crippen LogP contribution in [0, 0.1) is 0 Å². The van der Waals surface area contributed by atoms with E-state index in [1.807, 2.05) is 6.07 Å². The number of hydrogen-bond acceptors (Lipinski definition) is 4. The predicted octanol–water partition coefficient (Wildman–Crippen LogP) is 3.61. The topological polar surface area (TPSA) is 91.3 Å². The van der Waals surface area contributed by atoms with E-state index in [1.54, 1.807) is 67.0 Å². The second kappa shape index (κ2) is 8.62. The molecule has 0 saturated heterocycles. The molecular weight excluding hydrogens is 342 g/mol. The average molecular weight is 361 g/mol. The van der Waals surface area contributed by atoms with Gasteiger partial charge in [-0.1, -0.05) is 24.3 Å². The van der Waals surface area contributed by atoms with Gasteiger partial charge in [-0.05, 0) is 48.4 Å². The molecule has 1 heterocycles. The molecule has 1 aromatic heterocycles. The number of benzene rings is 2. The number of carbonyl (C=O) groups excluding carboxylic acids is 2.